The molecular weight excluding hydrogens is 290 g/mol. The zero-order valence-corrected chi connectivity index (χ0v) is 14.0. The van der Waals surface area contributed by atoms with Gasteiger partial charge in [-0.1, -0.05) is 0 Å². The molecule has 0 amide bonds. The number of aryl methyl sites for hydroxylation is 1. The predicted molar refractivity (Wildman–Crippen MR) is 90.5 cm³/mol. The summed E-state index contributed by atoms with van der Waals surface area (Å²) in [6.45, 7) is 2.99. The van der Waals surface area contributed by atoms with E-state index in [1.807, 2.05) is 0 Å². The summed E-state index contributed by atoms with van der Waals surface area (Å²) in [5, 5.41) is 1.13. The van der Waals surface area contributed by atoms with Gasteiger partial charge in [-0.2, -0.15) is 0 Å². The van der Waals surface area contributed by atoms with Gasteiger partial charge in [-0.3, -0.25) is 0 Å². The van der Waals surface area contributed by atoms with Gasteiger partial charge in [0, 0.05) is 11.5 Å². The Kier molecular flexibility index (Phi) is 2.86. The first kappa shape index (κ1) is 13.4. The molecule has 2 nitrogen and oxygen atoms in total. The van der Waals surface area contributed by atoms with E-state index in [4.69, 9.17) is 4.74 Å². The third kappa shape index (κ3) is 2.17. The minimum atomic E-state index is 0.488. The van der Waals surface area contributed by atoms with Gasteiger partial charge in [0.25, 0.3) is 0 Å². The van der Waals surface area contributed by atoms with Crippen LogP contribution in [0.3, 0.4) is 0 Å². The Bertz CT molecular complexity index is 684. The second-order valence-corrected chi connectivity index (χ2v) is 9.30. The molecule has 2 aromatic rings. The van der Waals surface area contributed by atoms with Crippen molar-refractivity contribution in [1.82, 2.24) is 4.98 Å². The SMILES string of the molecule is Cc1nc2cc(OCC34CC5CC(CC(C5)C3)C4)ccc2s1. The van der Waals surface area contributed by atoms with E-state index in [0.29, 0.717) is 5.41 Å². The Balaban J connectivity index is 1.35. The van der Waals surface area contributed by atoms with Gasteiger partial charge in [0.1, 0.15) is 5.75 Å². The molecule has 1 aromatic heterocycles. The topological polar surface area (TPSA) is 22.1 Å². The molecule has 3 heteroatoms. The van der Waals surface area contributed by atoms with Gasteiger partial charge >= 0.3 is 0 Å². The van der Waals surface area contributed by atoms with E-state index in [-0.39, 0.29) is 0 Å². The first-order valence-electron chi connectivity index (χ1n) is 8.67. The summed E-state index contributed by atoms with van der Waals surface area (Å²) >= 11 is 1.76. The molecule has 4 saturated carbocycles. The van der Waals surface area contributed by atoms with E-state index in [2.05, 4.69) is 30.1 Å². The monoisotopic (exact) mass is 313 g/mol. The fraction of sp³-hybridized carbons (Fsp3) is 0.632. The maximum atomic E-state index is 6.27. The molecule has 6 rings (SSSR count). The highest BCUT2D eigenvalue weighted by atomic mass is 32.1. The first-order chi connectivity index (χ1) is 10.7. The van der Waals surface area contributed by atoms with Crippen LogP contribution in [-0.4, -0.2) is 11.6 Å². The zero-order valence-electron chi connectivity index (χ0n) is 13.2. The van der Waals surface area contributed by atoms with Crippen molar-refractivity contribution in [3.63, 3.8) is 0 Å². The Morgan fingerprint density at radius 2 is 1.82 bits per heavy atom. The van der Waals surface area contributed by atoms with Gasteiger partial charge in [-0.25, -0.2) is 4.98 Å². The van der Waals surface area contributed by atoms with Crippen molar-refractivity contribution in [2.45, 2.75) is 45.4 Å². The predicted octanol–water partition coefficient (Wildman–Crippen LogP) is 5.20. The molecule has 0 unspecified atom stereocenters. The Labute approximate surface area is 135 Å². The second kappa shape index (κ2) is 4.70. The average Bonchev–Trinajstić information content (AvgIpc) is 2.83. The molecule has 0 spiro atoms. The zero-order chi connectivity index (χ0) is 14.7. The largest absolute Gasteiger partial charge is 0.493 e. The Hall–Kier alpha value is -1.09. The molecule has 0 saturated heterocycles. The Morgan fingerprint density at radius 3 is 2.50 bits per heavy atom. The van der Waals surface area contributed by atoms with Crippen LogP contribution in [0, 0.1) is 30.1 Å². The summed E-state index contributed by atoms with van der Waals surface area (Å²) in [5.74, 6) is 4.00. The molecule has 4 aliphatic rings. The maximum absolute atomic E-state index is 6.27. The van der Waals surface area contributed by atoms with Crippen LogP contribution >= 0.6 is 11.3 Å². The van der Waals surface area contributed by atoms with E-state index in [9.17, 15) is 0 Å². The molecule has 4 bridgehead atoms. The standard InChI is InChI=1S/C19H23NOS/c1-12-20-17-7-16(2-3-18(17)22-12)21-11-19-8-13-4-14(9-19)6-15(5-13)10-19/h2-3,7,13-15H,4-6,8-11H2,1H3. The van der Waals surface area contributed by atoms with Crippen LogP contribution in [0.2, 0.25) is 0 Å². The third-order valence-corrected chi connectivity index (χ3v) is 7.13. The van der Waals surface area contributed by atoms with Gasteiger partial charge in [0.15, 0.2) is 0 Å². The number of ether oxygens (including phenoxy) is 1. The molecule has 0 N–H and O–H groups in total. The number of hydrogen-bond donors (Lipinski definition) is 0. The summed E-state index contributed by atoms with van der Waals surface area (Å²) in [6, 6.07) is 6.41. The first-order valence-corrected chi connectivity index (χ1v) is 9.49. The highest BCUT2D eigenvalue weighted by Crippen LogP contribution is 2.60. The number of hydrogen-bond acceptors (Lipinski definition) is 3. The van der Waals surface area contributed by atoms with Crippen molar-refractivity contribution in [2.24, 2.45) is 23.2 Å². The maximum Gasteiger partial charge on any atom is 0.121 e. The van der Waals surface area contributed by atoms with Gasteiger partial charge < -0.3 is 4.74 Å². The molecule has 1 aromatic carbocycles. The minimum absolute atomic E-state index is 0.488. The molecule has 0 atom stereocenters. The van der Waals surface area contributed by atoms with Crippen molar-refractivity contribution < 1.29 is 4.74 Å². The normalized spacial score (nSPS) is 36.1. The van der Waals surface area contributed by atoms with Crippen LogP contribution < -0.4 is 4.74 Å². The van der Waals surface area contributed by atoms with Gasteiger partial charge in [0.2, 0.25) is 0 Å². The lowest BCUT2D eigenvalue weighted by molar-refractivity contribution is -0.0745. The quantitative estimate of drug-likeness (QED) is 0.777. The molecular formula is C19H23NOS. The van der Waals surface area contributed by atoms with E-state index < -0.39 is 0 Å². The van der Waals surface area contributed by atoms with E-state index >= 15 is 0 Å². The van der Waals surface area contributed by atoms with E-state index in [1.54, 1.807) is 11.3 Å². The average molecular weight is 313 g/mol. The molecule has 0 aliphatic heterocycles. The van der Waals surface area contributed by atoms with Crippen molar-refractivity contribution >= 4 is 21.6 Å². The number of benzene rings is 1. The van der Waals surface area contributed by atoms with Crippen molar-refractivity contribution in [1.29, 1.82) is 0 Å². The summed E-state index contributed by atoms with van der Waals surface area (Å²) in [6.07, 6.45) is 8.75. The van der Waals surface area contributed by atoms with E-state index in [1.165, 1.54) is 43.2 Å². The number of fused-ring (bicyclic) bond motifs is 1. The van der Waals surface area contributed by atoms with Gasteiger partial charge in [-0.05, 0) is 75.3 Å². The number of aromatic nitrogens is 1. The van der Waals surface area contributed by atoms with Crippen LogP contribution in [0.4, 0.5) is 0 Å². The van der Waals surface area contributed by atoms with E-state index in [0.717, 1.165) is 40.6 Å². The molecule has 0 radical (unpaired) electrons. The van der Waals surface area contributed by atoms with Gasteiger partial charge in [-0.15, -0.1) is 11.3 Å². The lowest BCUT2D eigenvalue weighted by Gasteiger charge is -2.56. The van der Waals surface area contributed by atoms with Crippen LogP contribution in [0.25, 0.3) is 10.2 Å². The lowest BCUT2D eigenvalue weighted by atomic mass is 9.50. The van der Waals surface area contributed by atoms with Crippen LogP contribution in [-0.2, 0) is 0 Å². The van der Waals surface area contributed by atoms with Crippen molar-refractivity contribution in [3.8, 4) is 5.75 Å². The number of thiazole rings is 1. The fourth-order valence-electron chi connectivity index (χ4n) is 5.82. The summed E-state index contributed by atoms with van der Waals surface area (Å²) in [7, 11) is 0. The molecule has 1 heterocycles. The summed E-state index contributed by atoms with van der Waals surface area (Å²) in [4.78, 5) is 4.59. The van der Waals surface area contributed by atoms with Gasteiger partial charge in [0.05, 0.1) is 21.8 Å². The number of nitrogens with zero attached hydrogens (tertiary/aromatic N) is 1. The third-order valence-electron chi connectivity index (χ3n) is 6.18. The minimum Gasteiger partial charge on any atom is -0.493 e. The van der Waals surface area contributed by atoms with Crippen molar-refractivity contribution in [2.75, 3.05) is 6.61 Å². The molecule has 22 heavy (non-hydrogen) atoms. The number of rotatable bonds is 3. The molecule has 4 aliphatic carbocycles. The molecule has 4 fully saturated rings. The van der Waals surface area contributed by atoms with Crippen LogP contribution in [0.5, 0.6) is 5.75 Å². The smallest absolute Gasteiger partial charge is 0.121 e. The fourth-order valence-corrected chi connectivity index (χ4v) is 6.62. The second-order valence-electron chi connectivity index (χ2n) is 8.07. The van der Waals surface area contributed by atoms with Crippen LogP contribution in [0.1, 0.15) is 43.5 Å². The lowest BCUT2D eigenvalue weighted by Crippen LogP contribution is -2.48. The summed E-state index contributed by atoms with van der Waals surface area (Å²) in [5.41, 5.74) is 1.58. The summed E-state index contributed by atoms with van der Waals surface area (Å²) < 4.78 is 7.54. The molecule has 116 valence electrons. The Morgan fingerprint density at radius 1 is 1.14 bits per heavy atom. The van der Waals surface area contributed by atoms with Crippen molar-refractivity contribution in [3.05, 3.63) is 23.2 Å². The van der Waals surface area contributed by atoms with Crippen LogP contribution in [0.15, 0.2) is 18.2 Å². The highest BCUT2D eigenvalue weighted by molar-refractivity contribution is 7.18. The highest BCUT2D eigenvalue weighted by Gasteiger charge is 2.51.